The third-order valence-corrected chi connectivity index (χ3v) is 14.4. The van der Waals surface area contributed by atoms with Gasteiger partial charge in [-0.3, -0.25) is 24.3 Å². The molecule has 356 valence electrons. The number of hydrogen-bond donors (Lipinski definition) is 3. The highest BCUT2D eigenvalue weighted by atomic mass is 32.1. The first kappa shape index (κ1) is 47.5. The Balaban J connectivity index is 0.732. The van der Waals surface area contributed by atoms with Gasteiger partial charge in [-0.2, -0.15) is 22.9 Å². The number of nitrogens with zero attached hydrogens (tertiary/aromatic N) is 9. The SMILES string of the molecule is Cc1ncsc1-c1ccc(CNC(=O)[C@@H]2C[C@H](O)CN2C[C@@H](NC(=O)CN2CCN(CCOc3ccc(C4CCN(C5=Nn6c(nnc6C(F)(F)F)CC5)CC4)cc3)CC2)C(C)(C)C)cc1. The Bertz CT molecular complexity index is 2300. The first-order valence-electron chi connectivity index (χ1n) is 23.1. The van der Waals surface area contributed by atoms with Crippen LogP contribution in [0.15, 0.2) is 59.1 Å². The first-order valence-corrected chi connectivity index (χ1v) is 24.0. The van der Waals surface area contributed by atoms with Crippen LogP contribution in [0.25, 0.3) is 10.4 Å². The minimum atomic E-state index is -4.61. The number of amides is 2. The van der Waals surface area contributed by atoms with Crippen molar-refractivity contribution < 1.29 is 32.6 Å². The smallest absolute Gasteiger partial charge is 0.453 e. The van der Waals surface area contributed by atoms with Gasteiger partial charge in [-0.05, 0) is 66.3 Å². The second kappa shape index (κ2) is 20.5. The first-order chi connectivity index (χ1) is 31.6. The topological polar surface area (TPSA) is 157 Å². The van der Waals surface area contributed by atoms with Crippen molar-refractivity contribution in [3.63, 3.8) is 0 Å². The molecule has 2 aromatic carbocycles. The van der Waals surface area contributed by atoms with E-state index in [0.717, 1.165) is 90.8 Å². The van der Waals surface area contributed by atoms with Gasteiger partial charge in [-0.25, -0.2) is 4.98 Å². The van der Waals surface area contributed by atoms with Crippen LogP contribution >= 0.6 is 11.3 Å². The molecule has 0 radical (unpaired) electrons. The molecule has 6 heterocycles. The maximum Gasteiger partial charge on any atom is 0.453 e. The molecule has 0 unspecified atom stereocenters. The van der Waals surface area contributed by atoms with Crippen molar-refractivity contribution in [2.24, 2.45) is 10.5 Å². The number of rotatable bonds is 14. The molecule has 4 aromatic rings. The molecule has 4 aliphatic rings. The van der Waals surface area contributed by atoms with E-state index in [1.807, 2.05) is 41.6 Å². The summed E-state index contributed by atoms with van der Waals surface area (Å²) in [5.41, 5.74) is 5.87. The van der Waals surface area contributed by atoms with Crippen LogP contribution in [0, 0.1) is 12.3 Å². The number of carbonyl (C=O) groups is 2. The fourth-order valence-corrected chi connectivity index (χ4v) is 10.2. The number of β-amino-alcohol motifs (C(OH)–C–C–N with tert-alkyl or cyclic N) is 1. The number of piperidine rings is 1. The van der Waals surface area contributed by atoms with Crippen LogP contribution in [-0.4, -0.2) is 152 Å². The summed E-state index contributed by atoms with van der Waals surface area (Å²) in [7, 11) is 0. The van der Waals surface area contributed by atoms with Crippen molar-refractivity contribution in [1.29, 1.82) is 0 Å². The number of aryl methyl sites for hydroxylation is 2. The molecule has 4 aliphatic heterocycles. The number of benzene rings is 2. The van der Waals surface area contributed by atoms with Gasteiger partial charge in [0.05, 0.1) is 34.8 Å². The standard InChI is InChI=1S/C47H62F3N11O4S/c1-31-43(66-30-52-31)35-7-5-32(6-8-35)26-51-44(64)38-25-36(62)27-60(38)28-39(46(2,3)4)53-42(63)29-58-21-19-57(20-22-58)23-24-65-37-11-9-33(10-12-37)34-15-17-59(18-16-34)41-14-13-40-54-55-45(47(48,49)50)61(40)56-41/h5-12,30,34,36,38-39,62H,13-29H2,1-4H3,(H,51,64)(H,53,63)/t36-,38-,39+/m0/s1. The molecule has 66 heavy (non-hydrogen) atoms. The Kier molecular flexibility index (Phi) is 14.8. The highest BCUT2D eigenvalue weighted by Gasteiger charge is 2.41. The summed E-state index contributed by atoms with van der Waals surface area (Å²) in [5.74, 6) is 0.789. The average Bonchev–Trinajstić information content (AvgIpc) is 4.04. The van der Waals surface area contributed by atoms with Gasteiger partial charge >= 0.3 is 6.18 Å². The number of fused-ring (bicyclic) bond motifs is 1. The van der Waals surface area contributed by atoms with Crippen molar-refractivity contribution >= 4 is 29.0 Å². The van der Waals surface area contributed by atoms with Crippen LogP contribution in [0.5, 0.6) is 5.75 Å². The Labute approximate surface area is 388 Å². The fourth-order valence-electron chi connectivity index (χ4n) is 9.36. The number of aromatic nitrogens is 4. The van der Waals surface area contributed by atoms with E-state index in [0.29, 0.717) is 57.3 Å². The van der Waals surface area contributed by atoms with Crippen LogP contribution in [0.4, 0.5) is 13.2 Å². The van der Waals surface area contributed by atoms with Gasteiger partial charge in [-0.1, -0.05) is 57.2 Å². The zero-order valence-corrected chi connectivity index (χ0v) is 39.1. The van der Waals surface area contributed by atoms with E-state index in [-0.39, 0.29) is 35.6 Å². The number of alkyl halides is 3. The summed E-state index contributed by atoms with van der Waals surface area (Å²) in [6.45, 7) is 15.7. The summed E-state index contributed by atoms with van der Waals surface area (Å²) in [5, 5.41) is 28.3. The summed E-state index contributed by atoms with van der Waals surface area (Å²) < 4.78 is 47.2. The number of carbonyl (C=O) groups excluding carboxylic acids is 2. The number of ether oxygens (including phenoxy) is 1. The summed E-state index contributed by atoms with van der Waals surface area (Å²) in [6.07, 6.45) is -2.20. The Hall–Kier alpha value is -4.95. The van der Waals surface area contributed by atoms with Gasteiger partial charge in [-0.15, -0.1) is 21.5 Å². The normalized spacial score (nSPS) is 20.8. The second-order valence-electron chi connectivity index (χ2n) is 19.1. The number of nitrogens with one attached hydrogen (secondary N) is 2. The molecule has 2 amide bonds. The zero-order chi connectivity index (χ0) is 46.6. The molecular formula is C47H62F3N11O4S. The largest absolute Gasteiger partial charge is 0.492 e. The number of likely N-dealkylation sites (tertiary alicyclic amines) is 2. The van der Waals surface area contributed by atoms with Crippen molar-refractivity contribution in [3.05, 3.63) is 82.5 Å². The van der Waals surface area contributed by atoms with E-state index in [1.165, 1.54) is 5.56 Å². The summed E-state index contributed by atoms with van der Waals surface area (Å²) >= 11 is 1.61. The summed E-state index contributed by atoms with van der Waals surface area (Å²) in [4.78, 5) is 41.1. The molecule has 0 spiro atoms. The second-order valence-corrected chi connectivity index (χ2v) is 19.9. The minimum Gasteiger partial charge on any atom is -0.492 e. The van der Waals surface area contributed by atoms with E-state index >= 15 is 0 Å². The lowest BCUT2D eigenvalue weighted by molar-refractivity contribution is -0.147. The molecule has 3 atom stereocenters. The monoisotopic (exact) mass is 933 g/mol. The number of piperazine rings is 1. The van der Waals surface area contributed by atoms with Gasteiger partial charge in [0.25, 0.3) is 5.82 Å². The number of amidine groups is 1. The van der Waals surface area contributed by atoms with Crippen molar-refractivity contribution in [2.45, 2.75) is 96.6 Å². The van der Waals surface area contributed by atoms with Gasteiger partial charge in [0.15, 0.2) is 5.82 Å². The van der Waals surface area contributed by atoms with Crippen LogP contribution in [0.2, 0.25) is 0 Å². The van der Waals surface area contributed by atoms with E-state index in [4.69, 9.17) is 4.74 Å². The van der Waals surface area contributed by atoms with E-state index in [9.17, 15) is 27.9 Å². The lowest BCUT2D eigenvalue weighted by Crippen LogP contribution is -2.56. The third kappa shape index (κ3) is 11.8. The molecule has 19 heteroatoms. The Morgan fingerprint density at radius 1 is 0.939 bits per heavy atom. The molecule has 0 saturated carbocycles. The Morgan fingerprint density at radius 2 is 1.65 bits per heavy atom. The fraction of sp³-hybridized carbons (Fsp3) is 0.574. The number of thiazole rings is 1. The molecular weight excluding hydrogens is 872 g/mol. The van der Waals surface area contributed by atoms with E-state index in [2.05, 4.69) is 90.7 Å². The lowest BCUT2D eigenvalue weighted by atomic mass is 9.86. The number of halogens is 3. The molecule has 3 saturated heterocycles. The van der Waals surface area contributed by atoms with Gasteiger partial charge in [0.1, 0.15) is 18.2 Å². The van der Waals surface area contributed by atoms with Crippen LogP contribution in [0.3, 0.4) is 0 Å². The maximum absolute atomic E-state index is 13.5. The lowest BCUT2D eigenvalue weighted by Gasteiger charge is -2.38. The maximum atomic E-state index is 13.5. The average molecular weight is 934 g/mol. The van der Waals surface area contributed by atoms with E-state index < -0.39 is 24.1 Å². The number of hydrogen-bond acceptors (Lipinski definition) is 13. The highest BCUT2D eigenvalue weighted by Crippen LogP contribution is 2.33. The van der Waals surface area contributed by atoms with E-state index in [1.54, 1.807) is 11.3 Å². The molecule has 2 aromatic heterocycles. The zero-order valence-electron chi connectivity index (χ0n) is 38.3. The van der Waals surface area contributed by atoms with Gasteiger partial charge < -0.3 is 25.4 Å². The quantitative estimate of drug-likeness (QED) is 0.157. The summed E-state index contributed by atoms with van der Waals surface area (Å²) in [6, 6.07) is 15.6. The van der Waals surface area contributed by atoms with Crippen molar-refractivity contribution in [2.75, 3.05) is 72.1 Å². The Morgan fingerprint density at radius 3 is 2.32 bits per heavy atom. The van der Waals surface area contributed by atoms with Crippen LogP contribution in [0.1, 0.15) is 80.8 Å². The van der Waals surface area contributed by atoms with Crippen LogP contribution < -0.4 is 15.4 Å². The molecule has 3 N–H and O–H groups in total. The third-order valence-electron chi connectivity index (χ3n) is 13.4. The highest BCUT2D eigenvalue weighted by molar-refractivity contribution is 7.13. The number of aliphatic hydroxyl groups is 1. The molecule has 3 fully saturated rings. The molecule has 15 nitrogen and oxygen atoms in total. The van der Waals surface area contributed by atoms with Crippen LogP contribution in [-0.2, 0) is 28.7 Å². The molecule has 0 aliphatic carbocycles. The number of aliphatic hydroxyl groups excluding tert-OH is 1. The predicted octanol–water partition coefficient (Wildman–Crippen LogP) is 5.00. The predicted molar refractivity (Wildman–Crippen MR) is 246 cm³/mol. The van der Waals surface area contributed by atoms with Crippen molar-refractivity contribution in [3.8, 4) is 16.2 Å². The van der Waals surface area contributed by atoms with Crippen molar-refractivity contribution in [1.82, 2.24) is 50.1 Å². The molecule has 0 bridgehead atoms. The van der Waals surface area contributed by atoms with Gasteiger partial charge in [0.2, 0.25) is 11.8 Å². The van der Waals surface area contributed by atoms with Gasteiger partial charge in [0, 0.05) is 84.3 Å². The minimum absolute atomic E-state index is 0.0496. The molecule has 8 rings (SSSR count).